The lowest BCUT2D eigenvalue weighted by atomic mass is 10.1. The lowest BCUT2D eigenvalue weighted by Crippen LogP contribution is -2.43. The number of rotatable bonds is 6. The second-order valence-electron chi connectivity index (χ2n) is 6.17. The Morgan fingerprint density at radius 2 is 1.70 bits per heavy atom. The molecule has 2 amide bonds. The summed E-state index contributed by atoms with van der Waals surface area (Å²) in [5.74, 6) is 0.115. The van der Waals surface area contributed by atoms with Crippen LogP contribution >= 0.6 is 0 Å². The van der Waals surface area contributed by atoms with Crippen LogP contribution in [0.2, 0.25) is 0 Å². The molecule has 0 aliphatic heterocycles. The highest BCUT2D eigenvalue weighted by Crippen LogP contribution is 2.29. The molecule has 0 heterocycles. The van der Waals surface area contributed by atoms with Gasteiger partial charge in [-0.25, -0.2) is 9.18 Å². The van der Waals surface area contributed by atoms with Crippen molar-refractivity contribution in [3.8, 4) is 5.75 Å². The average molecular weight is 384 g/mol. The van der Waals surface area contributed by atoms with Gasteiger partial charge in [-0.1, -0.05) is 12.1 Å². The zero-order chi connectivity index (χ0) is 20.0. The smallest absolute Gasteiger partial charge is 0.416 e. The van der Waals surface area contributed by atoms with E-state index in [0.717, 1.165) is 12.1 Å². The number of nitrogens with zero attached hydrogens (tertiary/aromatic N) is 1. The van der Waals surface area contributed by atoms with Crippen molar-refractivity contribution in [2.45, 2.75) is 25.7 Å². The van der Waals surface area contributed by atoms with Crippen molar-refractivity contribution < 1.29 is 27.1 Å². The van der Waals surface area contributed by atoms with E-state index in [-0.39, 0.29) is 31.0 Å². The van der Waals surface area contributed by atoms with Gasteiger partial charge < -0.3 is 15.0 Å². The predicted molar refractivity (Wildman–Crippen MR) is 92.8 cm³/mol. The summed E-state index contributed by atoms with van der Waals surface area (Å²) in [6, 6.07) is 9.47. The van der Waals surface area contributed by atoms with E-state index in [0.29, 0.717) is 11.3 Å². The summed E-state index contributed by atoms with van der Waals surface area (Å²) in [5, 5.41) is 2.73. The molecule has 27 heavy (non-hydrogen) atoms. The Hall–Kier alpha value is -2.77. The van der Waals surface area contributed by atoms with E-state index >= 15 is 0 Å². The number of hydrogen-bond acceptors (Lipinski definition) is 2. The Morgan fingerprint density at radius 1 is 1.11 bits per heavy atom. The molecule has 2 aromatic carbocycles. The topological polar surface area (TPSA) is 41.6 Å². The Bertz CT molecular complexity index is 746. The molecule has 0 bridgehead atoms. The first-order valence-electron chi connectivity index (χ1n) is 8.21. The fourth-order valence-corrected chi connectivity index (χ4v) is 2.26. The first-order chi connectivity index (χ1) is 12.6. The predicted octanol–water partition coefficient (Wildman–Crippen LogP) is 4.45. The van der Waals surface area contributed by atoms with Crippen LogP contribution in [0.25, 0.3) is 0 Å². The second-order valence-corrected chi connectivity index (χ2v) is 6.17. The molecular formula is C19H20F4N2O2. The third-order valence-corrected chi connectivity index (χ3v) is 3.73. The monoisotopic (exact) mass is 384 g/mol. The van der Waals surface area contributed by atoms with Crippen molar-refractivity contribution >= 4 is 6.03 Å². The fraction of sp³-hybridized carbons (Fsp3) is 0.316. The molecule has 0 spiro atoms. The summed E-state index contributed by atoms with van der Waals surface area (Å²) in [6.07, 6.45) is -4.39. The van der Waals surface area contributed by atoms with Crippen molar-refractivity contribution in [1.29, 1.82) is 0 Å². The molecule has 1 N–H and O–H groups in total. The number of benzene rings is 2. The largest absolute Gasteiger partial charge is 0.491 e. The quantitative estimate of drug-likeness (QED) is 0.748. The van der Waals surface area contributed by atoms with Crippen LogP contribution in [0.1, 0.15) is 18.1 Å². The molecule has 0 aromatic heterocycles. The van der Waals surface area contributed by atoms with Gasteiger partial charge in [0.1, 0.15) is 18.2 Å². The van der Waals surface area contributed by atoms with Gasteiger partial charge in [-0.3, -0.25) is 0 Å². The van der Waals surface area contributed by atoms with Crippen LogP contribution in [0.4, 0.5) is 22.4 Å². The van der Waals surface area contributed by atoms with E-state index < -0.39 is 11.7 Å². The molecule has 0 aliphatic carbocycles. The molecule has 0 fully saturated rings. The molecule has 2 aromatic rings. The molecule has 0 saturated carbocycles. The minimum absolute atomic E-state index is 0.162. The Labute approximate surface area is 154 Å². The van der Waals surface area contributed by atoms with Gasteiger partial charge in [0.15, 0.2) is 0 Å². The zero-order valence-corrected chi connectivity index (χ0v) is 14.9. The first kappa shape index (κ1) is 20.5. The van der Waals surface area contributed by atoms with Gasteiger partial charge in [-0.2, -0.15) is 13.2 Å². The maximum atomic E-state index is 12.8. The Balaban J connectivity index is 1.81. The third kappa shape index (κ3) is 6.47. The molecule has 0 aliphatic rings. The van der Waals surface area contributed by atoms with Crippen LogP contribution in [-0.2, 0) is 12.7 Å². The lowest BCUT2D eigenvalue weighted by molar-refractivity contribution is -0.137. The van der Waals surface area contributed by atoms with E-state index in [1.54, 1.807) is 14.0 Å². The van der Waals surface area contributed by atoms with Gasteiger partial charge in [0.25, 0.3) is 0 Å². The summed E-state index contributed by atoms with van der Waals surface area (Å²) < 4.78 is 56.0. The molecule has 0 unspecified atom stereocenters. The number of amides is 2. The number of alkyl halides is 3. The highest BCUT2D eigenvalue weighted by atomic mass is 19.4. The SMILES string of the molecule is C[C@H](COc1ccc(F)cc1)NC(=O)N(C)Cc1ccc(C(F)(F)F)cc1. The summed E-state index contributed by atoms with van der Waals surface area (Å²) in [5.41, 5.74) is -0.152. The van der Waals surface area contributed by atoms with Gasteiger partial charge >= 0.3 is 12.2 Å². The number of nitrogens with one attached hydrogen (secondary N) is 1. The second kappa shape index (κ2) is 8.75. The molecule has 8 heteroatoms. The van der Waals surface area contributed by atoms with Crippen molar-refractivity contribution in [2.24, 2.45) is 0 Å². The van der Waals surface area contributed by atoms with E-state index in [1.807, 2.05) is 0 Å². The van der Waals surface area contributed by atoms with Crippen molar-refractivity contribution in [1.82, 2.24) is 10.2 Å². The van der Waals surface area contributed by atoms with Crippen LogP contribution in [0.5, 0.6) is 5.75 Å². The van der Waals surface area contributed by atoms with Gasteiger partial charge in [0.2, 0.25) is 0 Å². The van der Waals surface area contributed by atoms with E-state index in [9.17, 15) is 22.4 Å². The van der Waals surface area contributed by atoms with E-state index in [1.165, 1.54) is 41.3 Å². The van der Waals surface area contributed by atoms with Crippen LogP contribution in [0, 0.1) is 5.82 Å². The third-order valence-electron chi connectivity index (χ3n) is 3.73. The first-order valence-corrected chi connectivity index (χ1v) is 8.21. The normalized spacial score (nSPS) is 12.4. The number of urea groups is 1. The number of ether oxygens (including phenoxy) is 1. The van der Waals surface area contributed by atoms with E-state index in [4.69, 9.17) is 4.74 Å². The summed E-state index contributed by atoms with van der Waals surface area (Å²) in [7, 11) is 1.54. The highest BCUT2D eigenvalue weighted by Gasteiger charge is 2.30. The van der Waals surface area contributed by atoms with Crippen LogP contribution < -0.4 is 10.1 Å². The standard InChI is InChI=1S/C19H20F4N2O2/c1-13(12-27-17-9-7-16(20)8-10-17)24-18(26)25(2)11-14-3-5-15(6-4-14)19(21,22)23/h3-10,13H,11-12H2,1-2H3,(H,24,26)/t13-/m1/s1. The molecule has 1 atom stereocenters. The van der Waals surface area contributed by atoms with Crippen molar-refractivity contribution in [3.05, 3.63) is 65.5 Å². The summed E-state index contributed by atoms with van der Waals surface area (Å²) >= 11 is 0. The van der Waals surface area contributed by atoms with Crippen LogP contribution in [0.15, 0.2) is 48.5 Å². The fourth-order valence-electron chi connectivity index (χ4n) is 2.26. The van der Waals surface area contributed by atoms with Gasteiger partial charge in [0.05, 0.1) is 11.6 Å². The van der Waals surface area contributed by atoms with Crippen LogP contribution in [-0.4, -0.2) is 30.6 Å². The molecule has 4 nitrogen and oxygen atoms in total. The molecule has 2 rings (SSSR count). The summed E-state index contributed by atoms with van der Waals surface area (Å²) in [4.78, 5) is 13.5. The maximum Gasteiger partial charge on any atom is 0.416 e. The van der Waals surface area contributed by atoms with Crippen LogP contribution in [0.3, 0.4) is 0 Å². The minimum Gasteiger partial charge on any atom is -0.491 e. The van der Waals surface area contributed by atoms with Crippen molar-refractivity contribution in [3.63, 3.8) is 0 Å². The number of carbonyl (C=O) groups is 1. The molecular weight excluding hydrogens is 364 g/mol. The highest BCUT2D eigenvalue weighted by molar-refractivity contribution is 5.74. The Kier molecular flexibility index (Phi) is 6.65. The molecule has 0 saturated heterocycles. The Morgan fingerprint density at radius 3 is 2.26 bits per heavy atom. The van der Waals surface area contributed by atoms with Crippen molar-refractivity contribution in [2.75, 3.05) is 13.7 Å². The minimum atomic E-state index is -4.39. The average Bonchev–Trinajstić information content (AvgIpc) is 2.61. The molecule has 0 radical (unpaired) electrons. The zero-order valence-electron chi connectivity index (χ0n) is 14.9. The molecule has 146 valence electrons. The van der Waals surface area contributed by atoms with E-state index in [2.05, 4.69) is 5.32 Å². The number of hydrogen-bond donors (Lipinski definition) is 1. The van der Waals surface area contributed by atoms with Gasteiger partial charge in [-0.15, -0.1) is 0 Å². The lowest BCUT2D eigenvalue weighted by Gasteiger charge is -2.22. The van der Waals surface area contributed by atoms with Gasteiger partial charge in [0, 0.05) is 13.6 Å². The van der Waals surface area contributed by atoms with Gasteiger partial charge in [-0.05, 0) is 48.9 Å². The summed E-state index contributed by atoms with van der Waals surface area (Å²) in [6.45, 7) is 2.09. The maximum absolute atomic E-state index is 12.8. The number of halogens is 4. The number of carbonyl (C=O) groups excluding carboxylic acids is 1.